The summed E-state index contributed by atoms with van der Waals surface area (Å²) in [6, 6.07) is 5.77. The smallest absolute Gasteiger partial charge is 0.410 e. The molecule has 2 fully saturated rings. The number of methoxy groups -OCH3 is 1. The molecule has 2 aliphatic rings. The van der Waals surface area contributed by atoms with Gasteiger partial charge in [-0.05, 0) is 65.0 Å². The summed E-state index contributed by atoms with van der Waals surface area (Å²) in [6.45, 7) is 10.6. The molecule has 12 nitrogen and oxygen atoms in total. The Hall–Kier alpha value is -3.58. The Labute approximate surface area is 264 Å². The third-order valence-electron chi connectivity index (χ3n) is 7.98. The van der Waals surface area contributed by atoms with Gasteiger partial charge in [0.1, 0.15) is 17.1 Å². The van der Waals surface area contributed by atoms with Crippen LogP contribution in [0.3, 0.4) is 0 Å². The van der Waals surface area contributed by atoms with E-state index in [4.69, 9.17) is 14.2 Å². The van der Waals surface area contributed by atoms with Gasteiger partial charge < -0.3 is 28.9 Å². The van der Waals surface area contributed by atoms with Crippen LogP contribution in [0.2, 0.25) is 0 Å². The van der Waals surface area contributed by atoms with Crippen molar-refractivity contribution in [2.24, 2.45) is 5.92 Å². The fourth-order valence-corrected chi connectivity index (χ4v) is 5.87. The molecule has 2 atom stereocenters. The maximum Gasteiger partial charge on any atom is 0.410 e. The van der Waals surface area contributed by atoms with Crippen molar-refractivity contribution >= 4 is 17.9 Å². The number of carbonyl (C=O) groups is 3. The van der Waals surface area contributed by atoms with E-state index in [1.54, 1.807) is 60.8 Å². The van der Waals surface area contributed by atoms with E-state index in [9.17, 15) is 18.8 Å². The quantitative estimate of drug-likeness (QED) is 0.345. The summed E-state index contributed by atoms with van der Waals surface area (Å²) in [4.78, 5) is 46.4. The molecule has 248 valence electrons. The summed E-state index contributed by atoms with van der Waals surface area (Å²) in [5.41, 5.74) is 0.116. The van der Waals surface area contributed by atoms with E-state index in [1.165, 1.54) is 10.7 Å². The fourth-order valence-electron chi connectivity index (χ4n) is 5.87. The van der Waals surface area contributed by atoms with Crippen molar-refractivity contribution < 1.29 is 33.0 Å². The number of aromatic nitrogens is 3. The molecule has 13 heteroatoms. The minimum atomic E-state index is -0.727. The lowest BCUT2D eigenvalue weighted by atomic mass is 9.91. The molecular weight excluding hydrogens is 583 g/mol. The van der Waals surface area contributed by atoms with Gasteiger partial charge in [-0.25, -0.2) is 13.9 Å². The standard InChI is InChI=1S/C32H47FN6O6/c1-6-14-38(30(41)28-27(13-9-10-17-43-5)39(35-34-28)26-12-8-7-11-25(26)33)24-20-23(29(40)36-15-18-44-19-16-36)21-37(22-24)31(42)45-32(2,3)4/h7-8,11-12,23-24H,6,9-10,13-22H2,1-5H3/t23-,24+/m1/s1. The molecule has 0 saturated carbocycles. The van der Waals surface area contributed by atoms with Gasteiger partial charge >= 0.3 is 6.09 Å². The molecule has 3 amide bonds. The number of morpholine rings is 1. The maximum absolute atomic E-state index is 14.9. The molecule has 0 bridgehead atoms. The van der Waals surface area contributed by atoms with Crippen LogP contribution in [-0.2, 0) is 25.4 Å². The van der Waals surface area contributed by atoms with Gasteiger partial charge in [0.05, 0.1) is 30.9 Å². The zero-order valence-corrected chi connectivity index (χ0v) is 27.2. The van der Waals surface area contributed by atoms with Gasteiger partial charge in [-0.3, -0.25) is 9.59 Å². The van der Waals surface area contributed by atoms with Gasteiger partial charge in [-0.1, -0.05) is 24.3 Å². The number of para-hydroxylation sites is 1. The lowest BCUT2D eigenvalue weighted by molar-refractivity contribution is -0.142. The van der Waals surface area contributed by atoms with Crippen LogP contribution in [0.4, 0.5) is 9.18 Å². The molecular formula is C32H47FN6O6. The van der Waals surface area contributed by atoms with Crippen LogP contribution in [0.5, 0.6) is 0 Å². The third-order valence-corrected chi connectivity index (χ3v) is 7.98. The molecule has 0 unspecified atom stereocenters. The van der Waals surface area contributed by atoms with E-state index in [-0.39, 0.29) is 36.3 Å². The first-order valence-electron chi connectivity index (χ1n) is 15.9. The predicted molar refractivity (Wildman–Crippen MR) is 165 cm³/mol. The normalized spacial score (nSPS) is 19.0. The summed E-state index contributed by atoms with van der Waals surface area (Å²) < 4.78 is 32.6. The van der Waals surface area contributed by atoms with Crippen LogP contribution in [0.1, 0.15) is 69.6 Å². The van der Waals surface area contributed by atoms with Gasteiger partial charge in [-0.2, -0.15) is 0 Å². The number of carbonyl (C=O) groups excluding carboxylic acids is 3. The Balaban J connectivity index is 1.68. The van der Waals surface area contributed by atoms with Gasteiger partial charge in [-0.15, -0.1) is 5.10 Å². The fraction of sp³-hybridized carbons (Fsp3) is 0.656. The lowest BCUT2D eigenvalue weighted by Gasteiger charge is -2.43. The first-order chi connectivity index (χ1) is 21.5. The Bertz CT molecular complexity index is 1310. The number of hydrogen-bond acceptors (Lipinski definition) is 8. The van der Waals surface area contributed by atoms with E-state index in [2.05, 4.69) is 10.3 Å². The monoisotopic (exact) mass is 630 g/mol. The summed E-state index contributed by atoms with van der Waals surface area (Å²) in [5.74, 6) is -1.43. The number of hydrogen-bond donors (Lipinski definition) is 0. The number of unbranched alkanes of at least 4 members (excludes halogenated alkanes) is 1. The molecule has 3 heterocycles. The van der Waals surface area contributed by atoms with Crippen LogP contribution in [-0.4, -0.2) is 119 Å². The van der Waals surface area contributed by atoms with E-state index >= 15 is 0 Å². The van der Waals surface area contributed by atoms with E-state index in [1.807, 2.05) is 6.92 Å². The highest BCUT2D eigenvalue weighted by Crippen LogP contribution is 2.28. The second-order valence-corrected chi connectivity index (χ2v) is 12.6. The first kappa shape index (κ1) is 34.3. The average molecular weight is 631 g/mol. The van der Waals surface area contributed by atoms with Crippen LogP contribution in [0, 0.1) is 11.7 Å². The Morgan fingerprint density at radius 1 is 1.09 bits per heavy atom. The Kier molecular flexibility index (Phi) is 11.9. The molecule has 1 aromatic carbocycles. The summed E-state index contributed by atoms with van der Waals surface area (Å²) in [7, 11) is 1.63. The van der Waals surface area contributed by atoms with Gasteiger partial charge in [0.25, 0.3) is 5.91 Å². The molecule has 0 N–H and O–H groups in total. The number of halogens is 1. The minimum absolute atomic E-state index is 0.0650. The Morgan fingerprint density at radius 2 is 1.82 bits per heavy atom. The summed E-state index contributed by atoms with van der Waals surface area (Å²) in [6.07, 6.45) is 2.34. The molecule has 4 rings (SSSR count). The molecule has 45 heavy (non-hydrogen) atoms. The highest BCUT2D eigenvalue weighted by Gasteiger charge is 2.41. The largest absolute Gasteiger partial charge is 0.444 e. The SMILES string of the molecule is CCCN(C(=O)c1nnn(-c2ccccc2F)c1CCCCOC)[C@H]1C[C@@H](C(=O)N2CCOCC2)CN(C(=O)OC(C)(C)C)C1. The first-order valence-corrected chi connectivity index (χ1v) is 15.9. The van der Waals surface area contributed by atoms with Crippen LogP contribution in [0.25, 0.3) is 5.69 Å². The molecule has 2 aromatic rings. The zero-order valence-electron chi connectivity index (χ0n) is 27.2. The topological polar surface area (TPSA) is 119 Å². The van der Waals surface area contributed by atoms with Gasteiger partial charge in [0, 0.05) is 46.4 Å². The molecule has 2 saturated heterocycles. The van der Waals surface area contributed by atoms with Crippen molar-refractivity contribution in [1.82, 2.24) is 29.7 Å². The molecule has 1 aromatic heterocycles. The van der Waals surface area contributed by atoms with Crippen molar-refractivity contribution in [3.05, 3.63) is 41.5 Å². The van der Waals surface area contributed by atoms with Crippen molar-refractivity contribution in [3.63, 3.8) is 0 Å². The number of rotatable bonds is 11. The van der Waals surface area contributed by atoms with E-state index < -0.39 is 29.5 Å². The number of benzene rings is 1. The zero-order chi connectivity index (χ0) is 32.6. The second-order valence-electron chi connectivity index (χ2n) is 12.6. The minimum Gasteiger partial charge on any atom is -0.444 e. The third kappa shape index (κ3) is 8.78. The van der Waals surface area contributed by atoms with Crippen molar-refractivity contribution in [2.75, 3.05) is 59.7 Å². The molecule has 0 spiro atoms. The number of nitrogens with zero attached hydrogens (tertiary/aromatic N) is 6. The molecule has 0 aliphatic carbocycles. The number of ether oxygens (including phenoxy) is 3. The highest BCUT2D eigenvalue weighted by atomic mass is 19.1. The highest BCUT2D eigenvalue weighted by molar-refractivity contribution is 5.94. The number of piperidine rings is 1. The second kappa shape index (κ2) is 15.6. The Morgan fingerprint density at radius 3 is 2.49 bits per heavy atom. The van der Waals surface area contributed by atoms with E-state index in [0.717, 1.165) is 6.42 Å². The van der Waals surface area contributed by atoms with Crippen LogP contribution in [0.15, 0.2) is 24.3 Å². The van der Waals surface area contributed by atoms with Crippen molar-refractivity contribution in [1.29, 1.82) is 0 Å². The van der Waals surface area contributed by atoms with Crippen molar-refractivity contribution in [2.45, 2.75) is 71.4 Å². The maximum atomic E-state index is 14.9. The number of amides is 3. The molecule has 0 radical (unpaired) electrons. The average Bonchev–Trinajstić information content (AvgIpc) is 3.44. The van der Waals surface area contributed by atoms with E-state index in [0.29, 0.717) is 70.8 Å². The van der Waals surface area contributed by atoms with Gasteiger partial charge in [0.15, 0.2) is 5.69 Å². The lowest BCUT2D eigenvalue weighted by Crippen LogP contribution is -2.58. The number of likely N-dealkylation sites (tertiary alicyclic amines) is 1. The van der Waals surface area contributed by atoms with Crippen LogP contribution < -0.4 is 0 Å². The summed E-state index contributed by atoms with van der Waals surface area (Å²) >= 11 is 0. The van der Waals surface area contributed by atoms with Crippen molar-refractivity contribution in [3.8, 4) is 5.69 Å². The van der Waals surface area contributed by atoms with Gasteiger partial charge in [0.2, 0.25) is 5.91 Å². The predicted octanol–water partition coefficient (Wildman–Crippen LogP) is 3.71. The summed E-state index contributed by atoms with van der Waals surface area (Å²) in [5, 5.41) is 8.52. The molecule has 2 aliphatic heterocycles. The van der Waals surface area contributed by atoms with Crippen LogP contribution >= 0.6 is 0 Å².